The van der Waals surface area contributed by atoms with E-state index in [0.29, 0.717) is 24.3 Å². The molecule has 0 radical (unpaired) electrons. The van der Waals surface area contributed by atoms with Gasteiger partial charge in [-0.25, -0.2) is 14.4 Å². The van der Waals surface area contributed by atoms with Gasteiger partial charge in [-0.1, -0.05) is 88.4 Å². The summed E-state index contributed by atoms with van der Waals surface area (Å²) in [6.07, 6.45) is 6.15. The van der Waals surface area contributed by atoms with Gasteiger partial charge in [-0.2, -0.15) is 0 Å². The molecule has 0 spiro atoms. The third-order valence-corrected chi connectivity index (χ3v) is 5.42. The second-order valence-corrected chi connectivity index (χ2v) is 8.39. The zero-order valence-corrected chi connectivity index (χ0v) is 21.2. The van der Waals surface area contributed by atoms with Crippen molar-refractivity contribution in [1.82, 2.24) is 0 Å². The average Bonchev–Trinajstić information content (AvgIpc) is 2.91. The van der Waals surface area contributed by atoms with Crippen molar-refractivity contribution in [2.45, 2.75) is 51.9 Å². The summed E-state index contributed by atoms with van der Waals surface area (Å²) in [5.74, 6) is -3.61. The fourth-order valence-electron chi connectivity index (χ4n) is 3.45. The van der Waals surface area contributed by atoms with Crippen molar-refractivity contribution in [3.05, 3.63) is 72.8 Å². The molecule has 0 heterocycles. The van der Waals surface area contributed by atoms with E-state index in [1.807, 2.05) is 0 Å². The van der Waals surface area contributed by atoms with Crippen molar-refractivity contribution in [3.63, 3.8) is 0 Å². The lowest BCUT2D eigenvalue weighted by molar-refractivity contribution is -0.158. The van der Waals surface area contributed by atoms with E-state index in [4.69, 9.17) is 18.9 Å². The first-order valence-corrected chi connectivity index (χ1v) is 12.4. The summed E-state index contributed by atoms with van der Waals surface area (Å²) in [5.41, 5.74) is -0.150. The quantitative estimate of drug-likeness (QED) is 0.131. The smallest absolute Gasteiger partial charge is 0.349 e. The molecule has 0 fully saturated rings. The highest BCUT2D eigenvalue weighted by molar-refractivity contribution is 5.96. The first-order chi connectivity index (χ1) is 17.9. The Balaban J connectivity index is 1.90. The third kappa shape index (κ3) is 11.6. The van der Waals surface area contributed by atoms with Crippen LogP contribution >= 0.6 is 0 Å². The van der Waals surface area contributed by atoms with Crippen molar-refractivity contribution in [2.75, 3.05) is 13.2 Å². The van der Waals surface area contributed by atoms with E-state index in [1.165, 1.54) is 0 Å². The van der Waals surface area contributed by atoms with Gasteiger partial charge in [-0.3, -0.25) is 4.79 Å². The summed E-state index contributed by atoms with van der Waals surface area (Å²) in [6, 6.07) is 16.7. The van der Waals surface area contributed by atoms with Crippen LogP contribution in [-0.2, 0) is 28.7 Å². The molecule has 2 aromatic carbocycles. The number of carbonyl (C=O) groups excluding carboxylic acids is 4. The summed E-state index contributed by atoms with van der Waals surface area (Å²) in [4.78, 5) is 49.4. The maximum atomic E-state index is 12.8. The predicted molar refractivity (Wildman–Crippen MR) is 137 cm³/mol. The molecular weight excluding hydrogens is 476 g/mol. The Morgan fingerprint density at radius 1 is 0.703 bits per heavy atom. The third-order valence-electron chi connectivity index (χ3n) is 5.42. The van der Waals surface area contributed by atoms with Gasteiger partial charge in [0.05, 0.1) is 5.92 Å². The Labute approximate surface area is 217 Å². The fraction of sp³-hybridized carbons (Fsp3) is 0.379. The zero-order chi connectivity index (χ0) is 26.9. The Kier molecular flexibility index (Phi) is 13.2. The number of esters is 4. The normalized spacial score (nSPS) is 11.2. The number of carbonyl (C=O) groups is 4. The molecule has 0 aromatic heterocycles. The lowest BCUT2D eigenvalue weighted by Crippen LogP contribution is -2.29. The predicted octanol–water partition coefficient (Wildman–Crippen LogP) is 5.21. The Bertz CT molecular complexity index is 1020. The second kappa shape index (κ2) is 16.7. The number of hydrogen-bond acceptors (Lipinski definition) is 8. The Hall–Kier alpha value is -3.94. The van der Waals surface area contributed by atoms with Crippen LogP contribution in [0.15, 0.2) is 72.8 Å². The van der Waals surface area contributed by atoms with E-state index in [9.17, 15) is 19.2 Å². The molecule has 0 aliphatic carbocycles. The van der Waals surface area contributed by atoms with Crippen molar-refractivity contribution in [3.8, 4) is 11.5 Å². The van der Waals surface area contributed by atoms with Crippen LogP contribution in [-0.4, -0.2) is 37.1 Å². The van der Waals surface area contributed by atoms with Crippen molar-refractivity contribution < 1.29 is 38.1 Å². The molecule has 37 heavy (non-hydrogen) atoms. The van der Waals surface area contributed by atoms with Gasteiger partial charge < -0.3 is 18.9 Å². The molecule has 0 aliphatic rings. The summed E-state index contributed by atoms with van der Waals surface area (Å²) in [7, 11) is 0. The monoisotopic (exact) mass is 510 g/mol. The molecule has 0 amide bonds. The van der Waals surface area contributed by atoms with Gasteiger partial charge in [0.15, 0.2) is 13.2 Å². The Morgan fingerprint density at radius 3 is 1.73 bits per heavy atom. The zero-order valence-electron chi connectivity index (χ0n) is 21.2. The molecule has 0 bridgehead atoms. The van der Waals surface area contributed by atoms with E-state index in [0.717, 1.165) is 32.1 Å². The number of hydrogen-bond donors (Lipinski definition) is 0. The SMILES string of the molecule is C=C(C(=O)OCC(=O)Oc1ccccc1)C(CCCCCCCC)C(=O)OCC(=O)Oc1ccccc1. The summed E-state index contributed by atoms with van der Waals surface area (Å²) in [5, 5.41) is 0. The van der Waals surface area contributed by atoms with E-state index < -0.39 is 43.0 Å². The van der Waals surface area contributed by atoms with Crippen LogP contribution in [0.2, 0.25) is 0 Å². The van der Waals surface area contributed by atoms with Crippen molar-refractivity contribution >= 4 is 23.9 Å². The molecule has 2 rings (SSSR count). The highest BCUT2D eigenvalue weighted by Crippen LogP contribution is 2.22. The van der Waals surface area contributed by atoms with E-state index in [2.05, 4.69) is 13.5 Å². The summed E-state index contributed by atoms with van der Waals surface area (Å²) < 4.78 is 20.4. The number of ether oxygens (including phenoxy) is 4. The van der Waals surface area contributed by atoms with Crippen molar-refractivity contribution in [2.24, 2.45) is 5.92 Å². The Morgan fingerprint density at radius 2 is 1.19 bits per heavy atom. The van der Waals surface area contributed by atoms with E-state index in [-0.39, 0.29) is 5.57 Å². The molecule has 0 saturated heterocycles. The topological polar surface area (TPSA) is 105 Å². The van der Waals surface area contributed by atoms with Crippen LogP contribution in [0, 0.1) is 5.92 Å². The lowest BCUT2D eigenvalue weighted by Gasteiger charge is -2.17. The highest BCUT2D eigenvalue weighted by Gasteiger charge is 2.29. The minimum Gasteiger partial charge on any atom is -0.453 e. The lowest BCUT2D eigenvalue weighted by atomic mass is 9.93. The van der Waals surface area contributed by atoms with Crippen LogP contribution in [0.4, 0.5) is 0 Å². The minimum absolute atomic E-state index is 0.150. The molecule has 8 nitrogen and oxygen atoms in total. The molecule has 2 aromatic rings. The first kappa shape index (κ1) is 29.3. The van der Waals surface area contributed by atoms with Crippen LogP contribution < -0.4 is 9.47 Å². The molecule has 1 atom stereocenters. The number of unbranched alkanes of at least 4 members (excludes halogenated alkanes) is 5. The van der Waals surface area contributed by atoms with Gasteiger partial charge in [-0.15, -0.1) is 0 Å². The van der Waals surface area contributed by atoms with Crippen molar-refractivity contribution in [1.29, 1.82) is 0 Å². The van der Waals surface area contributed by atoms with E-state index in [1.54, 1.807) is 60.7 Å². The van der Waals surface area contributed by atoms with Crippen LogP contribution in [0.5, 0.6) is 11.5 Å². The standard InChI is InChI=1S/C29H34O8/c1-3-4-5-6-7-14-19-25(29(33)35-21-27(31)37-24-17-12-9-13-18-24)22(2)28(32)34-20-26(30)36-23-15-10-8-11-16-23/h8-13,15-18,25H,2-7,14,19-21H2,1H3. The van der Waals surface area contributed by atoms with Gasteiger partial charge in [-0.05, 0) is 30.7 Å². The first-order valence-electron chi connectivity index (χ1n) is 12.4. The molecular formula is C29H34O8. The number of rotatable bonds is 16. The minimum atomic E-state index is -1.02. The molecule has 198 valence electrons. The highest BCUT2D eigenvalue weighted by atomic mass is 16.6. The average molecular weight is 511 g/mol. The molecule has 8 heteroatoms. The molecule has 0 aliphatic heterocycles. The molecule has 0 N–H and O–H groups in total. The van der Waals surface area contributed by atoms with Crippen LogP contribution in [0.3, 0.4) is 0 Å². The second-order valence-electron chi connectivity index (χ2n) is 8.39. The number of benzene rings is 2. The molecule has 1 unspecified atom stereocenters. The van der Waals surface area contributed by atoms with Gasteiger partial charge in [0.2, 0.25) is 0 Å². The maximum Gasteiger partial charge on any atom is 0.349 e. The number of para-hydroxylation sites is 2. The van der Waals surface area contributed by atoms with Crippen LogP contribution in [0.25, 0.3) is 0 Å². The summed E-state index contributed by atoms with van der Waals surface area (Å²) >= 11 is 0. The maximum absolute atomic E-state index is 12.8. The van der Waals surface area contributed by atoms with Gasteiger partial charge in [0.25, 0.3) is 0 Å². The van der Waals surface area contributed by atoms with E-state index >= 15 is 0 Å². The fourth-order valence-corrected chi connectivity index (χ4v) is 3.45. The van der Waals surface area contributed by atoms with Crippen LogP contribution in [0.1, 0.15) is 51.9 Å². The van der Waals surface area contributed by atoms with Gasteiger partial charge in [0, 0.05) is 5.57 Å². The summed E-state index contributed by atoms with van der Waals surface area (Å²) in [6.45, 7) is 4.58. The van der Waals surface area contributed by atoms with Gasteiger partial charge in [0.1, 0.15) is 11.5 Å². The molecule has 0 saturated carbocycles. The van der Waals surface area contributed by atoms with Gasteiger partial charge >= 0.3 is 23.9 Å². The largest absolute Gasteiger partial charge is 0.453 e.